The summed E-state index contributed by atoms with van der Waals surface area (Å²) in [6.45, 7) is 2.70. The highest BCUT2D eigenvalue weighted by molar-refractivity contribution is 5.79. The van der Waals surface area contributed by atoms with Crippen LogP contribution in [0, 0.1) is 0 Å². The van der Waals surface area contributed by atoms with E-state index in [0.717, 1.165) is 62.5 Å². The summed E-state index contributed by atoms with van der Waals surface area (Å²) in [7, 11) is 0. The van der Waals surface area contributed by atoms with Gasteiger partial charge in [-0.3, -0.25) is 9.78 Å². The highest BCUT2D eigenvalue weighted by atomic mass is 16.2. The van der Waals surface area contributed by atoms with Gasteiger partial charge in [-0.05, 0) is 37.8 Å². The number of hydrogen-bond acceptors (Lipinski definition) is 5. The molecule has 25 heavy (non-hydrogen) atoms. The minimum Gasteiger partial charge on any atom is -0.352 e. The molecule has 5 rings (SSSR count). The number of carbonyl (C=O) groups excluding carboxylic acids is 1. The Bertz CT molecular complexity index is 816. The average molecular weight is 335 g/mol. The van der Waals surface area contributed by atoms with Crippen molar-refractivity contribution in [3.05, 3.63) is 35.8 Å². The first kappa shape index (κ1) is 14.8. The molecule has 2 aromatic heterocycles. The van der Waals surface area contributed by atoms with E-state index in [0.29, 0.717) is 18.4 Å². The first-order valence-corrected chi connectivity index (χ1v) is 9.14. The van der Waals surface area contributed by atoms with E-state index in [1.54, 1.807) is 6.20 Å². The van der Waals surface area contributed by atoms with Gasteiger partial charge in [-0.2, -0.15) is 0 Å². The van der Waals surface area contributed by atoms with Gasteiger partial charge < -0.3 is 9.80 Å². The smallest absolute Gasteiger partial charge is 0.223 e. The van der Waals surface area contributed by atoms with Crippen LogP contribution in [0.1, 0.15) is 30.5 Å². The largest absolute Gasteiger partial charge is 0.352 e. The Morgan fingerprint density at radius 1 is 1.08 bits per heavy atom. The second kappa shape index (κ2) is 5.79. The van der Waals surface area contributed by atoms with E-state index in [1.165, 1.54) is 11.3 Å². The lowest BCUT2D eigenvalue weighted by molar-refractivity contribution is -0.130. The van der Waals surface area contributed by atoms with Gasteiger partial charge in [0.15, 0.2) is 5.82 Å². The van der Waals surface area contributed by atoms with Gasteiger partial charge in [0.2, 0.25) is 5.91 Å². The molecule has 1 aliphatic carbocycles. The number of hydrogen-bond donors (Lipinski definition) is 0. The normalized spacial score (nSPS) is 20.1. The lowest BCUT2D eigenvalue weighted by Crippen LogP contribution is -2.60. The van der Waals surface area contributed by atoms with Crippen LogP contribution >= 0.6 is 0 Å². The van der Waals surface area contributed by atoms with Gasteiger partial charge in [-0.15, -0.1) is 0 Å². The fourth-order valence-corrected chi connectivity index (χ4v) is 4.18. The molecule has 3 aliphatic rings. The minimum absolute atomic E-state index is 0.314. The molecule has 2 aromatic rings. The molecule has 0 spiro atoms. The van der Waals surface area contributed by atoms with Crippen molar-refractivity contribution in [2.45, 2.75) is 38.1 Å². The van der Waals surface area contributed by atoms with Gasteiger partial charge in [0.25, 0.3) is 0 Å². The summed E-state index contributed by atoms with van der Waals surface area (Å²) in [5, 5.41) is 0. The van der Waals surface area contributed by atoms with E-state index >= 15 is 0 Å². The molecule has 0 bridgehead atoms. The van der Waals surface area contributed by atoms with Gasteiger partial charge in [0.05, 0.1) is 6.04 Å². The molecule has 2 fully saturated rings. The number of aryl methyl sites for hydroxylation is 1. The van der Waals surface area contributed by atoms with Gasteiger partial charge in [-0.1, -0.05) is 0 Å². The predicted octanol–water partition coefficient (Wildman–Crippen LogP) is 1.84. The Morgan fingerprint density at radius 2 is 2.00 bits per heavy atom. The number of aromatic nitrogens is 3. The number of anilines is 1. The summed E-state index contributed by atoms with van der Waals surface area (Å²) >= 11 is 0. The quantitative estimate of drug-likeness (QED) is 0.856. The molecule has 2 aliphatic heterocycles. The SMILES string of the molecule is O=C1CCCN1C1CN(c2nc(-c3cccnc3)nc3c2CCC3)C1. The van der Waals surface area contributed by atoms with Gasteiger partial charge >= 0.3 is 0 Å². The summed E-state index contributed by atoms with van der Waals surface area (Å²) in [4.78, 5) is 30.2. The number of carbonyl (C=O) groups is 1. The van der Waals surface area contributed by atoms with Gasteiger partial charge in [-0.25, -0.2) is 9.97 Å². The van der Waals surface area contributed by atoms with E-state index in [9.17, 15) is 4.79 Å². The maximum absolute atomic E-state index is 12.0. The van der Waals surface area contributed by atoms with Crippen molar-refractivity contribution in [2.24, 2.45) is 0 Å². The van der Waals surface area contributed by atoms with Gasteiger partial charge in [0, 0.05) is 55.3 Å². The first-order chi connectivity index (χ1) is 12.3. The molecular weight excluding hydrogens is 314 g/mol. The first-order valence-electron chi connectivity index (χ1n) is 9.14. The van der Waals surface area contributed by atoms with Crippen molar-refractivity contribution in [3.63, 3.8) is 0 Å². The fourth-order valence-electron chi connectivity index (χ4n) is 4.18. The zero-order valence-electron chi connectivity index (χ0n) is 14.2. The van der Waals surface area contributed by atoms with Crippen molar-refractivity contribution >= 4 is 11.7 Å². The van der Waals surface area contributed by atoms with Crippen LogP contribution < -0.4 is 4.90 Å². The molecule has 0 radical (unpaired) electrons. The molecule has 128 valence electrons. The van der Waals surface area contributed by atoms with Crippen molar-refractivity contribution in [2.75, 3.05) is 24.5 Å². The second-order valence-electron chi connectivity index (χ2n) is 7.14. The number of pyridine rings is 1. The predicted molar refractivity (Wildman–Crippen MR) is 94.2 cm³/mol. The molecule has 0 aromatic carbocycles. The molecule has 0 saturated carbocycles. The Balaban J connectivity index is 1.44. The zero-order valence-corrected chi connectivity index (χ0v) is 14.2. The molecular formula is C19H21N5O. The Morgan fingerprint density at radius 3 is 2.76 bits per heavy atom. The van der Waals surface area contributed by atoms with E-state index in [-0.39, 0.29) is 0 Å². The third kappa shape index (κ3) is 2.47. The Kier molecular flexibility index (Phi) is 3.43. The van der Waals surface area contributed by atoms with E-state index in [2.05, 4.69) is 14.8 Å². The van der Waals surface area contributed by atoms with Crippen LogP contribution in [0.3, 0.4) is 0 Å². The average Bonchev–Trinajstić information content (AvgIpc) is 3.23. The van der Waals surface area contributed by atoms with Crippen LogP contribution in [-0.4, -0.2) is 51.4 Å². The second-order valence-corrected chi connectivity index (χ2v) is 7.14. The standard InChI is InChI=1S/C19H21N5O/c25-17-7-3-9-24(17)14-11-23(12-14)19-15-5-1-6-16(15)21-18(22-19)13-4-2-8-20-10-13/h2,4,8,10,14H,1,3,5-7,9,11-12H2. The topological polar surface area (TPSA) is 62.2 Å². The lowest BCUT2D eigenvalue weighted by Gasteiger charge is -2.45. The van der Waals surface area contributed by atoms with Crippen LogP contribution in [0.4, 0.5) is 5.82 Å². The van der Waals surface area contributed by atoms with Crippen LogP contribution in [0.5, 0.6) is 0 Å². The highest BCUT2D eigenvalue weighted by Gasteiger charge is 2.38. The third-order valence-electron chi connectivity index (χ3n) is 5.54. The molecule has 0 atom stereocenters. The summed E-state index contributed by atoms with van der Waals surface area (Å²) < 4.78 is 0. The van der Waals surface area contributed by atoms with E-state index < -0.39 is 0 Å². The molecule has 6 nitrogen and oxygen atoms in total. The lowest BCUT2D eigenvalue weighted by atomic mass is 10.1. The van der Waals surface area contributed by atoms with Crippen molar-refractivity contribution in [1.29, 1.82) is 0 Å². The number of nitrogens with zero attached hydrogens (tertiary/aromatic N) is 5. The van der Waals surface area contributed by atoms with Gasteiger partial charge in [0.1, 0.15) is 5.82 Å². The maximum atomic E-state index is 12.0. The number of fused-ring (bicyclic) bond motifs is 1. The number of amides is 1. The molecule has 2 saturated heterocycles. The summed E-state index contributed by atoms with van der Waals surface area (Å²) in [5.41, 5.74) is 3.45. The molecule has 6 heteroatoms. The summed E-state index contributed by atoms with van der Waals surface area (Å²) in [5.74, 6) is 2.15. The molecule has 0 unspecified atom stereocenters. The number of rotatable bonds is 3. The summed E-state index contributed by atoms with van der Waals surface area (Å²) in [6.07, 6.45) is 8.54. The van der Waals surface area contributed by atoms with E-state index in [4.69, 9.17) is 9.97 Å². The highest BCUT2D eigenvalue weighted by Crippen LogP contribution is 2.34. The van der Waals surface area contributed by atoms with Crippen molar-refractivity contribution in [3.8, 4) is 11.4 Å². The van der Waals surface area contributed by atoms with Crippen LogP contribution in [-0.2, 0) is 17.6 Å². The maximum Gasteiger partial charge on any atom is 0.223 e. The minimum atomic E-state index is 0.314. The molecule has 4 heterocycles. The third-order valence-corrected chi connectivity index (χ3v) is 5.54. The fraction of sp³-hybridized carbons (Fsp3) is 0.474. The van der Waals surface area contributed by atoms with E-state index in [1.807, 2.05) is 18.3 Å². The Hall–Kier alpha value is -2.50. The van der Waals surface area contributed by atoms with Crippen molar-refractivity contribution < 1.29 is 4.79 Å². The molecule has 1 amide bonds. The van der Waals surface area contributed by atoms with Crippen LogP contribution in [0.2, 0.25) is 0 Å². The van der Waals surface area contributed by atoms with Crippen LogP contribution in [0.25, 0.3) is 11.4 Å². The molecule has 0 N–H and O–H groups in total. The zero-order chi connectivity index (χ0) is 16.8. The van der Waals surface area contributed by atoms with Crippen LogP contribution in [0.15, 0.2) is 24.5 Å². The number of likely N-dealkylation sites (tertiary alicyclic amines) is 1. The Labute approximate surface area is 146 Å². The monoisotopic (exact) mass is 335 g/mol. The summed E-state index contributed by atoms with van der Waals surface area (Å²) in [6, 6.07) is 4.28. The van der Waals surface area contributed by atoms with Crippen molar-refractivity contribution in [1.82, 2.24) is 19.9 Å².